The lowest BCUT2D eigenvalue weighted by Crippen LogP contribution is -2.47. The van der Waals surface area contributed by atoms with Crippen LogP contribution in [0.5, 0.6) is 17.2 Å². The highest BCUT2D eigenvalue weighted by atomic mass is 35.5. The number of amides is 1. The molecule has 9 rings (SSSR count). The molecule has 5 heterocycles. The summed E-state index contributed by atoms with van der Waals surface area (Å²) in [4.78, 5) is 41.6. The number of rotatable bonds is 12. The van der Waals surface area contributed by atoms with E-state index in [0.29, 0.717) is 30.9 Å². The fraction of sp³-hybridized carbons (Fsp3) is 0.298. The van der Waals surface area contributed by atoms with E-state index < -0.39 is 31.4 Å². The number of fused-ring (bicyclic) bond motifs is 2. The van der Waals surface area contributed by atoms with Crippen LogP contribution in [-0.4, -0.2) is 84.5 Å². The predicted molar refractivity (Wildman–Crippen MR) is 246 cm³/mol. The van der Waals surface area contributed by atoms with E-state index in [1.54, 1.807) is 36.7 Å². The maximum atomic E-state index is 14.0. The van der Waals surface area contributed by atoms with Crippen molar-refractivity contribution < 1.29 is 27.6 Å². The first kappa shape index (κ1) is 42.8. The van der Waals surface area contributed by atoms with Gasteiger partial charge in [-0.05, 0) is 84.3 Å². The summed E-state index contributed by atoms with van der Waals surface area (Å²) in [6.45, 7) is 8.68. The summed E-state index contributed by atoms with van der Waals surface area (Å²) in [5, 5.41) is 16.9. The van der Waals surface area contributed by atoms with Gasteiger partial charge in [0.15, 0.2) is 11.4 Å². The number of anilines is 2. The largest absolute Gasteiger partial charge is 0.489 e. The zero-order valence-electron chi connectivity index (χ0n) is 35.3. The van der Waals surface area contributed by atoms with Gasteiger partial charge in [0.05, 0.1) is 27.6 Å². The number of nitro groups is 1. The second-order valence-corrected chi connectivity index (χ2v) is 19.4. The molecule has 1 saturated heterocycles. The number of nitrogens with one attached hydrogen (secondary N) is 3. The second-order valence-electron chi connectivity index (χ2n) is 17.2. The highest BCUT2D eigenvalue weighted by Crippen LogP contribution is 2.44. The summed E-state index contributed by atoms with van der Waals surface area (Å²) < 4.78 is 42.1. The molecule has 15 nitrogen and oxygen atoms in total. The lowest BCUT2D eigenvalue weighted by molar-refractivity contribution is -0.384. The van der Waals surface area contributed by atoms with Gasteiger partial charge in [0.1, 0.15) is 23.8 Å². The predicted octanol–water partition coefficient (Wildman–Crippen LogP) is 8.63. The smallest absolute Gasteiger partial charge is 0.297 e. The van der Waals surface area contributed by atoms with Crippen molar-refractivity contribution >= 4 is 61.2 Å². The normalized spacial score (nSPS) is 17.6. The van der Waals surface area contributed by atoms with Crippen molar-refractivity contribution in [1.82, 2.24) is 24.6 Å². The molecule has 3 aromatic carbocycles. The number of hydrogen-bond acceptors (Lipinski definition) is 12. The summed E-state index contributed by atoms with van der Waals surface area (Å²) in [5.41, 5.74) is 5.97. The van der Waals surface area contributed by atoms with Crippen molar-refractivity contribution in [3.8, 4) is 17.2 Å². The lowest BCUT2D eigenvalue weighted by atomic mass is 9.72. The van der Waals surface area contributed by atoms with E-state index in [9.17, 15) is 23.3 Å². The van der Waals surface area contributed by atoms with E-state index in [4.69, 9.17) is 21.1 Å². The Kier molecular flexibility index (Phi) is 11.8. The Morgan fingerprint density at radius 3 is 2.61 bits per heavy atom. The van der Waals surface area contributed by atoms with E-state index in [1.165, 1.54) is 35.0 Å². The van der Waals surface area contributed by atoms with E-state index in [2.05, 4.69) is 60.8 Å². The summed E-state index contributed by atoms with van der Waals surface area (Å²) >= 11 is 6.25. The fourth-order valence-electron chi connectivity index (χ4n) is 8.67. The Hall–Kier alpha value is -6.49. The van der Waals surface area contributed by atoms with E-state index in [0.717, 1.165) is 66.8 Å². The number of piperazine rings is 1. The number of nitrogens with zero attached hydrogens (tertiary/aromatic N) is 5. The van der Waals surface area contributed by atoms with E-state index >= 15 is 0 Å². The first-order valence-electron chi connectivity index (χ1n) is 21.1. The minimum atomic E-state index is -4.67. The molecule has 0 radical (unpaired) electrons. The lowest BCUT2D eigenvalue weighted by Gasteiger charge is -2.39. The summed E-state index contributed by atoms with van der Waals surface area (Å²) in [5.74, 6) is -0.573. The van der Waals surface area contributed by atoms with Crippen molar-refractivity contribution in [2.75, 3.05) is 49.5 Å². The van der Waals surface area contributed by atoms with Crippen LogP contribution in [-0.2, 0) is 16.4 Å². The van der Waals surface area contributed by atoms with Crippen molar-refractivity contribution in [3.05, 3.63) is 141 Å². The Balaban J connectivity index is 0.945. The number of halogens is 1. The molecule has 17 heteroatoms. The standard InChI is InChI=1S/C47H47ClN8O7S/c1-47(2)14-12-32(40(26-47)30-6-8-33(48)9-7-30)28-54-17-19-55(20-18-54)36-10-11-39(42(23-36)63-37-21-31-13-16-50-45(31)51-27-37)46(57)53-64(60,61)38-24-41(56(58)59)44-43(25-38)62-29-35(52-44)22-34-5-3-4-15-49-34/h3-11,13,15-16,21,23-25,27,35,52H,12,14,17-20,22,26,28-29H2,1-2H3,(H,50,51)(H,53,57)/t35-/m0/s1. The Morgan fingerprint density at radius 1 is 1.03 bits per heavy atom. The van der Waals surface area contributed by atoms with Crippen LogP contribution in [0, 0.1) is 15.5 Å². The number of nitro benzene ring substituents is 1. The molecular formula is C47H47ClN8O7S. The third kappa shape index (κ3) is 9.39. The van der Waals surface area contributed by atoms with Crippen molar-refractivity contribution in [2.24, 2.45) is 5.41 Å². The zero-order chi connectivity index (χ0) is 44.6. The minimum Gasteiger partial charge on any atom is -0.489 e. The Labute approximate surface area is 375 Å². The van der Waals surface area contributed by atoms with Gasteiger partial charge in [0, 0.05) is 91.5 Å². The highest BCUT2D eigenvalue weighted by molar-refractivity contribution is 7.90. The second kappa shape index (κ2) is 17.6. The van der Waals surface area contributed by atoms with Crippen LogP contribution in [0.2, 0.25) is 5.02 Å². The molecule has 0 bridgehead atoms. The molecule has 1 atom stereocenters. The van der Waals surface area contributed by atoms with Crippen LogP contribution in [0.1, 0.15) is 54.7 Å². The van der Waals surface area contributed by atoms with Gasteiger partial charge in [-0.15, -0.1) is 0 Å². The van der Waals surface area contributed by atoms with Gasteiger partial charge in [-0.25, -0.2) is 18.1 Å². The molecule has 64 heavy (non-hydrogen) atoms. The number of allylic oxidation sites excluding steroid dienone is 1. The van der Waals surface area contributed by atoms with Crippen LogP contribution in [0.4, 0.5) is 17.1 Å². The van der Waals surface area contributed by atoms with Crippen LogP contribution in [0.3, 0.4) is 0 Å². The number of aromatic amines is 1. The molecule has 330 valence electrons. The average molecular weight is 903 g/mol. The first-order valence-corrected chi connectivity index (χ1v) is 23.0. The van der Waals surface area contributed by atoms with Crippen LogP contribution in [0.25, 0.3) is 16.6 Å². The first-order chi connectivity index (χ1) is 30.8. The summed E-state index contributed by atoms with van der Waals surface area (Å²) in [6.07, 6.45) is 8.52. The summed E-state index contributed by atoms with van der Waals surface area (Å²) in [6, 6.07) is 24.0. The molecule has 3 aromatic heterocycles. The van der Waals surface area contributed by atoms with Crippen molar-refractivity contribution in [3.63, 3.8) is 0 Å². The zero-order valence-corrected chi connectivity index (χ0v) is 36.9. The molecular weight excluding hydrogens is 856 g/mol. The topological polar surface area (TPSA) is 185 Å². The monoisotopic (exact) mass is 902 g/mol. The number of sulfonamides is 1. The molecule has 0 spiro atoms. The summed E-state index contributed by atoms with van der Waals surface area (Å²) in [7, 11) is -4.67. The van der Waals surface area contributed by atoms with Crippen molar-refractivity contribution in [1.29, 1.82) is 0 Å². The molecule has 6 aromatic rings. The van der Waals surface area contributed by atoms with Crippen LogP contribution >= 0.6 is 11.6 Å². The number of benzene rings is 3. The SMILES string of the molecule is CC1(C)CCC(CN2CCN(c3ccc(C(=O)NS(=O)(=O)c4cc5c(c([N+](=O)[O-])c4)N[C@@H](Cc4ccccn4)CO5)c(Oc4cnc5[nH]ccc5c4)c3)CC2)=C(c2ccc(Cl)cc2)C1. The number of carbonyl (C=O) groups is 1. The van der Waals surface area contributed by atoms with Gasteiger partial charge in [-0.1, -0.05) is 49.2 Å². The number of carbonyl (C=O) groups excluding carboxylic acids is 1. The number of pyridine rings is 2. The average Bonchev–Trinajstić information content (AvgIpc) is 3.75. The maximum Gasteiger partial charge on any atom is 0.297 e. The molecule has 0 saturated carbocycles. The fourth-order valence-corrected chi connectivity index (χ4v) is 9.79. The van der Waals surface area contributed by atoms with E-state index in [1.807, 2.05) is 30.3 Å². The van der Waals surface area contributed by atoms with Gasteiger partial charge in [0.25, 0.3) is 21.6 Å². The number of aromatic nitrogens is 3. The molecule has 1 aliphatic carbocycles. The van der Waals surface area contributed by atoms with Crippen LogP contribution in [0.15, 0.2) is 114 Å². The molecule has 0 unspecified atom stereocenters. The number of H-pyrrole nitrogens is 1. The van der Waals surface area contributed by atoms with Gasteiger partial charge in [0.2, 0.25) is 0 Å². The van der Waals surface area contributed by atoms with Gasteiger partial charge < -0.3 is 24.7 Å². The number of ether oxygens (including phenoxy) is 2. The van der Waals surface area contributed by atoms with Crippen LogP contribution < -0.4 is 24.4 Å². The number of hydrogen-bond donors (Lipinski definition) is 3. The molecule has 1 amide bonds. The molecule has 3 aliphatic rings. The Morgan fingerprint density at radius 2 is 1.84 bits per heavy atom. The molecule has 3 N–H and O–H groups in total. The molecule has 1 fully saturated rings. The highest BCUT2D eigenvalue weighted by Gasteiger charge is 2.33. The quantitative estimate of drug-likeness (QED) is 0.0786. The minimum absolute atomic E-state index is 0.0261. The third-order valence-corrected chi connectivity index (χ3v) is 13.7. The van der Waals surface area contributed by atoms with Gasteiger partial charge in [-0.2, -0.15) is 0 Å². The van der Waals surface area contributed by atoms with Gasteiger partial charge >= 0.3 is 0 Å². The van der Waals surface area contributed by atoms with Gasteiger partial charge in [-0.3, -0.25) is 24.8 Å². The Bertz CT molecular complexity index is 2880. The molecule has 2 aliphatic heterocycles. The van der Waals surface area contributed by atoms with Crippen molar-refractivity contribution in [2.45, 2.75) is 50.5 Å². The van der Waals surface area contributed by atoms with E-state index in [-0.39, 0.29) is 40.8 Å². The third-order valence-electron chi connectivity index (χ3n) is 12.1. The maximum absolute atomic E-state index is 14.0.